The maximum atomic E-state index is 12.8. The molecule has 1 N–H and O–H groups in total. The summed E-state index contributed by atoms with van der Waals surface area (Å²) in [4.78, 5) is 23.4. The van der Waals surface area contributed by atoms with Crippen molar-refractivity contribution in [3.05, 3.63) is 29.0 Å². The molecule has 0 spiro atoms. The fraction of sp³-hybridized carbons (Fsp3) is 0.333. The normalized spacial score (nSPS) is 11.8. The molecule has 1 unspecified atom stereocenters. The number of hydrogen-bond donors (Lipinski definition) is 1. The second-order valence-corrected chi connectivity index (χ2v) is 4.29. The first-order valence-electron chi connectivity index (χ1n) is 5.39. The number of carboxylic acid groups (broad SMARTS) is 1. The average molecular weight is 290 g/mol. The maximum absolute atomic E-state index is 12.8. The van der Waals surface area contributed by atoms with Crippen LogP contribution in [0.25, 0.3) is 0 Å². The van der Waals surface area contributed by atoms with Crippen LogP contribution in [0.3, 0.4) is 0 Å². The van der Waals surface area contributed by atoms with Gasteiger partial charge in [0.15, 0.2) is 6.61 Å². The Morgan fingerprint density at radius 2 is 2.16 bits per heavy atom. The second kappa shape index (κ2) is 6.38. The van der Waals surface area contributed by atoms with Gasteiger partial charge >= 0.3 is 5.97 Å². The topological polar surface area (TPSA) is 66.8 Å². The van der Waals surface area contributed by atoms with Gasteiger partial charge in [0.25, 0.3) is 5.91 Å². The number of aliphatic carboxylic acids is 1. The van der Waals surface area contributed by atoms with Crippen LogP contribution in [-0.2, 0) is 9.59 Å². The van der Waals surface area contributed by atoms with E-state index in [1.807, 2.05) is 0 Å². The molecule has 1 atom stereocenters. The smallest absolute Gasteiger partial charge is 0.326 e. The molecule has 1 aromatic rings. The summed E-state index contributed by atoms with van der Waals surface area (Å²) in [6, 6.07) is 2.55. The van der Waals surface area contributed by atoms with E-state index in [0.29, 0.717) is 0 Å². The van der Waals surface area contributed by atoms with E-state index in [0.717, 1.165) is 17.0 Å². The molecule has 0 fully saturated rings. The number of rotatable bonds is 5. The van der Waals surface area contributed by atoms with E-state index in [1.165, 1.54) is 20.0 Å². The molecule has 19 heavy (non-hydrogen) atoms. The zero-order valence-electron chi connectivity index (χ0n) is 10.4. The monoisotopic (exact) mass is 289 g/mol. The summed E-state index contributed by atoms with van der Waals surface area (Å²) in [7, 11) is 1.36. The van der Waals surface area contributed by atoms with E-state index in [1.54, 1.807) is 0 Å². The number of benzene rings is 1. The quantitative estimate of drug-likeness (QED) is 0.897. The molecule has 0 aromatic heterocycles. The summed E-state index contributed by atoms with van der Waals surface area (Å²) in [6.07, 6.45) is 0. The van der Waals surface area contributed by atoms with E-state index in [-0.39, 0.29) is 17.4 Å². The lowest BCUT2D eigenvalue weighted by Crippen LogP contribution is -2.42. The van der Waals surface area contributed by atoms with Crippen LogP contribution in [-0.4, -0.2) is 41.6 Å². The van der Waals surface area contributed by atoms with Crippen molar-refractivity contribution in [1.82, 2.24) is 4.90 Å². The predicted octanol–water partition coefficient (Wildman–Crippen LogP) is 1.79. The molecule has 1 rings (SSSR count). The lowest BCUT2D eigenvalue weighted by molar-refractivity contribution is -0.148. The van der Waals surface area contributed by atoms with Crippen molar-refractivity contribution in [2.75, 3.05) is 13.7 Å². The van der Waals surface area contributed by atoms with Crippen LogP contribution in [0.5, 0.6) is 5.75 Å². The first-order valence-corrected chi connectivity index (χ1v) is 5.77. The SMILES string of the molecule is CC(C(=O)O)N(C)C(=O)COc1ccc(F)cc1Cl. The highest BCUT2D eigenvalue weighted by atomic mass is 35.5. The van der Waals surface area contributed by atoms with Crippen molar-refractivity contribution in [3.8, 4) is 5.75 Å². The van der Waals surface area contributed by atoms with Gasteiger partial charge in [-0.3, -0.25) is 4.79 Å². The van der Waals surface area contributed by atoms with Crippen molar-refractivity contribution in [3.63, 3.8) is 0 Å². The molecule has 1 amide bonds. The van der Waals surface area contributed by atoms with Gasteiger partial charge in [-0.15, -0.1) is 0 Å². The van der Waals surface area contributed by atoms with E-state index in [2.05, 4.69) is 0 Å². The number of likely N-dealkylation sites (N-methyl/N-ethyl adjacent to an activating group) is 1. The van der Waals surface area contributed by atoms with Crippen LogP contribution in [0.15, 0.2) is 18.2 Å². The minimum absolute atomic E-state index is 0.0433. The van der Waals surface area contributed by atoms with E-state index < -0.39 is 23.7 Å². The molecule has 104 valence electrons. The number of hydrogen-bond acceptors (Lipinski definition) is 3. The minimum atomic E-state index is -1.12. The Balaban J connectivity index is 2.61. The minimum Gasteiger partial charge on any atom is -0.482 e. The Morgan fingerprint density at radius 1 is 1.53 bits per heavy atom. The molecule has 7 heteroatoms. The van der Waals surface area contributed by atoms with Crippen molar-refractivity contribution in [1.29, 1.82) is 0 Å². The molecule has 0 saturated heterocycles. The van der Waals surface area contributed by atoms with Crippen LogP contribution in [0.1, 0.15) is 6.92 Å². The maximum Gasteiger partial charge on any atom is 0.326 e. The molecule has 0 bridgehead atoms. The van der Waals surface area contributed by atoms with Gasteiger partial charge in [0.05, 0.1) is 5.02 Å². The standard InChI is InChI=1S/C12H13ClFNO4/c1-7(12(17)18)15(2)11(16)6-19-10-4-3-8(14)5-9(10)13/h3-5,7H,6H2,1-2H3,(H,17,18). The van der Waals surface area contributed by atoms with Gasteiger partial charge in [0.1, 0.15) is 17.6 Å². The lowest BCUT2D eigenvalue weighted by Gasteiger charge is -2.21. The fourth-order valence-corrected chi connectivity index (χ4v) is 1.44. The Morgan fingerprint density at radius 3 is 2.68 bits per heavy atom. The molecule has 0 heterocycles. The number of carbonyl (C=O) groups excluding carboxylic acids is 1. The molecular weight excluding hydrogens is 277 g/mol. The van der Waals surface area contributed by atoms with Crippen molar-refractivity contribution < 1.29 is 23.8 Å². The summed E-state index contributed by atoms with van der Waals surface area (Å²) in [6.45, 7) is 1.00. The third-order valence-corrected chi connectivity index (χ3v) is 2.87. The van der Waals surface area contributed by atoms with Crippen molar-refractivity contribution in [2.24, 2.45) is 0 Å². The molecule has 0 aliphatic carbocycles. The molecule has 0 radical (unpaired) electrons. The number of ether oxygens (including phenoxy) is 1. The summed E-state index contributed by atoms with van der Waals surface area (Å²) in [5, 5.41) is 8.81. The molecular formula is C12H13ClFNO4. The van der Waals surface area contributed by atoms with Gasteiger partial charge in [-0.2, -0.15) is 0 Å². The predicted molar refractivity (Wildman–Crippen MR) is 66.8 cm³/mol. The average Bonchev–Trinajstić information content (AvgIpc) is 2.35. The Bertz CT molecular complexity index is 495. The van der Waals surface area contributed by atoms with E-state index in [9.17, 15) is 14.0 Å². The summed E-state index contributed by atoms with van der Waals surface area (Å²) in [5.41, 5.74) is 0. The summed E-state index contributed by atoms with van der Waals surface area (Å²) >= 11 is 5.72. The number of amides is 1. The van der Waals surface area contributed by atoms with Crippen LogP contribution in [0.4, 0.5) is 4.39 Å². The van der Waals surface area contributed by atoms with Gasteiger partial charge in [0, 0.05) is 7.05 Å². The molecule has 5 nitrogen and oxygen atoms in total. The first kappa shape index (κ1) is 15.2. The highest BCUT2D eigenvalue weighted by Gasteiger charge is 2.22. The summed E-state index contributed by atoms with van der Waals surface area (Å²) in [5.74, 6) is -1.99. The van der Waals surface area contributed by atoms with Crippen molar-refractivity contribution in [2.45, 2.75) is 13.0 Å². The summed E-state index contributed by atoms with van der Waals surface area (Å²) < 4.78 is 17.9. The van der Waals surface area contributed by atoms with E-state index in [4.69, 9.17) is 21.4 Å². The Hall–Kier alpha value is -1.82. The van der Waals surface area contributed by atoms with Gasteiger partial charge in [-0.1, -0.05) is 11.6 Å². The highest BCUT2D eigenvalue weighted by molar-refractivity contribution is 6.32. The largest absolute Gasteiger partial charge is 0.482 e. The fourth-order valence-electron chi connectivity index (χ4n) is 1.22. The Kier molecular flexibility index (Phi) is 5.11. The highest BCUT2D eigenvalue weighted by Crippen LogP contribution is 2.24. The zero-order valence-corrected chi connectivity index (χ0v) is 11.1. The zero-order chi connectivity index (χ0) is 14.6. The van der Waals surface area contributed by atoms with E-state index >= 15 is 0 Å². The second-order valence-electron chi connectivity index (χ2n) is 3.88. The third-order valence-electron chi connectivity index (χ3n) is 2.58. The molecule has 0 aliphatic heterocycles. The number of nitrogens with zero attached hydrogens (tertiary/aromatic N) is 1. The van der Waals surface area contributed by atoms with Gasteiger partial charge in [0.2, 0.25) is 0 Å². The van der Waals surface area contributed by atoms with Gasteiger partial charge in [-0.05, 0) is 25.1 Å². The van der Waals surface area contributed by atoms with Crippen LogP contribution in [0.2, 0.25) is 5.02 Å². The third kappa shape index (κ3) is 4.10. The first-order chi connectivity index (χ1) is 8.82. The number of carboxylic acids is 1. The molecule has 1 aromatic carbocycles. The van der Waals surface area contributed by atoms with Gasteiger partial charge < -0.3 is 14.7 Å². The molecule has 0 saturated carbocycles. The van der Waals surface area contributed by atoms with Crippen molar-refractivity contribution >= 4 is 23.5 Å². The van der Waals surface area contributed by atoms with Gasteiger partial charge in [-0.25, -0.2) is 9.18 Å². The van der Waals surface area contributed by atoms with Crippen LogP contribution in [0, 0.1) is 5.82 Å². The molecule has 0 aliphatic rings. The number of halogens is 2. The van der Waals surface area contributed by atoms with Crippen LogP contribution >= 0.6 is 11.6 Å². The lowest BCUT2D eigenvalue weighted by atomic mass is 10.3. The number of carbonyl (C=O) groups is 2. The van der Waals surface area contributed by atoms with Crippen LogP contribution < -0.4 is 4.74 Å². The Labute approximate surface area is 114 Å².